The quantitative estimate of drug-likeness (QED) is 0.131. The molecule has 3 N–H and O–H groups in total. The normalized spacial score (nSPS) is 14.1. The standard InChI is InChI=1S/C33H42N8O5/c1-4-15-40-31(44)26-23-34-32(37-30(26)41(40)28-9-7-8-27(36-28)33(2,3)45)35-24-11-13-25(14-12-24)39-18-16-38(17-19-39)20-22-46-21-6-5-10-29(42)43/h4,7-9,11-14,23,45H,1,5-6,10,15-22H2,2-3H3,(H,42,43)(H,34,35,37). The van der Waals surface area contributed by atoms with Gasteiger partial charge in [-0.2, -0.15) is 4.98 Å². The van der Waals surface area contributed by atoms with E-state index in [1.807, 2.05) is 12.1 Å². The van der Waals surface area contributed by atoms with Crippen LogP contribution in [0.25, 0.3) is 16.9 Å². The highest BCUT2D eigenvalue weighted by molar-refractivity contribution is 5.77. The van der Waals surface area contributed by atoms with Crippen LogP contribution >= 0.6 is 0 Å². The molecule has 1 fully saturated rings. The Morgan fingerprint density at radius 1 is 1.07 bits per heavy atom. The predicted octanol–water partition coefficient (Wildman–Crippen LogP) is 3.53. The lowest BCUT2D eigenvalue weighted by Crippen LogP contribution is -2.47. The number of anilines is 3. The Morgan fingerprint density at radius 2 is 1.83 bits per heavy atom. The summed E-state index contributed by atoms with van der Waals surface area (Å²) < 4.78 is 8.82. The molecule has 1 aliphatic heterocycles. The van der Waals surface area contributed by atoms with Gasteiger partial charge in [-0.1, -0.05) is 12.1 Å². The summed E-state index contributed by atoms with van der Waals surface area (Å²) >= 11 is 0. The number of hydrogen-bond acceptors (Lipinski definition) is 10. The molecule has 0 unspecified atom stereocenters. The number of nitrogens with zero attached hydrogens (tertiary/aromatic N) is 7. The van der Waals surface area contributed by atoms with Crippen LogP contribution < -0.4 is 15.8 Å². The molecule has 3 aromatic heterocycles. The van der Waals surface area contributed by atoms with E-state index in [1.54, 1.807) is 42.8 Å². The number of benzene rings is 1. The van der Waals surface area contributed by atoms with Crippen LogP contribution in [0, 0.1) is 0 Å². The first-order valence-electron chi connectivity index (χ1n) is 15.6. The summed E-state index contributed by atoms with van der Waals surface area (Å²) in [6, 6.07) is 13.4. The molecule has 5 rings (SSSR count). The Balaban J connectivity index is 1.22. The number of aromatic nitrogens is 5. The van der Waals surface area contributed by atoms with Gasteiger partial charge in [-0.05, 0) is 63.1 Å². The lowest BCUT2D eigenvalue weighted by Gasteiger charge is -2.36. The number of rotatable bonds is 15. The molecule has 0 aliphatic carbocycles. The van der Waals surface area contributed by atoms with Gasteiger partial charge in [-0.15, -0.1) is 6.58 Å². The van der Waals surface area contributed by atoms with Crippen molar-refractivity contribution in [3.8, 4) is 5.82 Å². The van der Waals surface area contributed by atoms with Gasteiger partial charge in [0, 0.05) is 63.3 Å². The third kappa shape index (κ3) is 7.97. The molecule has 1 saturated heterocycles. The van der Waals surface area contributed by atoms with Crippen LogP contribution in [0.1, 0.15) is 38.8 Å². The third-order valence-electron chi connectivity index (χ3n) is 7.90. The lowest BCUT2D eigenvalue weighted by atomic mass is 10.1. The highest BCUT2D eigenvalue weighted by Crippen LogP contribution is 2.24. The molecular weight excluding hydrogens is 588 g/mol. The van der Waals surface area contributed by atoms with Gasteiger partial charge < -0.3 is 25.2 Å². The van der Waals surface area contributed by atoms with Crippen molar-refractivity contribution in [2.45, 2.75) is 45.3 Å². The van der Waals surface area contributed by atoms with Gasteiger partial charge in [0.05, 0.1) is 18.8 Å². The second kappa shape index (κ2) is 14.7. The van der Waals surface area contributed by atoms with Gasteiger partial charge in [-0.25, -0.2) is 19.3 Å². The van der Waals surface area contributed by atoms with Crippen molar-refractivity contribution >= 4 is 34.3 Å². The van der Waals surface area contributed by atoms with Gasteiger partial charge >= 0.3 is 5.97 Å². The lowest BCUT2D eigenvalue weighted by molar-refractivity contribution is -0.137. The minimum Gasteiger partial charge on any atom is -0.481 e. The maximum Gasteiger partial charge on any atom is 0.303 e. The zero-order valence-corrected chi connectivity index (χ0v) is 26.4. The van der Waals surface area contributed by atoms with Crippen molar-refractivity contribution in [1.82, 2.24) is 29.2 Å². The van der Waals surface area contributed by atoms with E-state index in [9.17, 15) is 14.7 Å². The first-order chi connectivity index (χ1) is 22.1. The summed E-state index contributed by atoms with van der Waals surface area (Å²) in [5.74, 6) is 0.0214. The minimum atomic E-state index is -1.16. The molecule has 0 atom stereocenters. The summed E-state index contributed by atoms with van der Waals surface area (Å²) in [6.45, 7) is 13.2. The second-order valence-corrected chi connectivity index (χ2v) is 11.8. The van der Waals surface area contributed by atoms with Crippen LogP contribution in [0.4, 0.5) is 17.3 Å². The van der Waals surface area contributed by atoms with Crippen molar-refractivity contribution in [3.05, 3.63) is 77.4 Å². The molecule has 244 valence electrons. The SMILES string of the molecule is C=CCn1c(=O)c2cnc(Nc3ccc(N4CCN(CCOCCCCC(=O)O)CC4)cc3)nc2n1-c1cccc(C(C)(C)O)n1. The summed E-state index contributed by atoms with van der Waals surface area (Å²) in [6.07, 6.45) is 4.76. The number of allylic oxidation sites excluding steroid dienone is 1. The van der Waals surface area contributed by atoms with Gasteiger partial charge in [0.15, 0.2) is 11.5 Å². The van der Waals surface area contributed by atoms with E-state index in [0.29, 0.717) is 48.1 Å². The van der Waals surface area contributed by atoms with Crippen LogP contribution in [-0.4, -0.2) is 91.3 Å². The Hall–Kier alpha value is -4.59. The molecule has 0 amide bonds. The van der Waals surface area contributed by atoms with E-state index in [4.69, 9.17) is 14.8 Å². The van der Waals surface area contributed by atoms with Crippen LogP contribution in [0.2, 0.25) is 0 Å². The molecule has 1 aliphatic rings. The van der Waals surface area contributed by atoms with Crippen molar-refractivity contribution in [2.24, 2.45) is 0 Å². The van der Waals surface area contributed by atoms with Gasteiger partial charge in [0.1, 0.15) is 11.0 Å². The first kappa shape index (κ1) is 32.8. The van der Waals surface area contributed by atoms with E-state index in [2.05, 4.69) is 43.8 Å². The largest absolute Gasteiger partial charge is 0.481 e. The number of pyridine rings is 1. The molecule has 13 nitrogen and oxygen atoms in total. The number of fused-ring (bicyclic) bond motifs is 1. The smallest absolute Gasteiger partial charge is 0.303 e. The maximum atomic E-state index is 13.3. The van der Waals surface area contributed by atoms with Crippen LogP contribution in [0.15, 0.2) is 66.1 Å². The zero-order chi connectivity index (χ0) is 32.7. The number of ether oxygens (including phenoxy) is 1. The molecule has 1 aromatic carbocycles. The Kier molecular flexibility index (Phi) is 10.5. The predicted molar refractivity (Wildman–Crippen MR) is 177 cm³/mol. The number of hydrogen-bond donors (Lipinski definition) is 3. The zero-order valence-electron chi connectivity index (χ0n) is 26.4. The maximum absolute atomic E-state index is 13.3. The van der Waals surface area contributed by atoms with E-state index < -0.39 is 11.6 Å². The average molecular weight is 631 g/mol. The number of unbranched alkanes of at least 4 members (excludes halogenated alkanes) is 1. The number of piperazine rings is 1. The summed E-state index contributed by atoms with van der Waals surface area (Å²) in [7, 11) is 0. The van der Waals surface area contributed by atoms with E-state index in [1.165, 1.54) is 10.9 Å². The second-order valence-electron chi connectivity index (χ2n) is 11.8. The summed E-state index contributed by atoms with van der Waals surface area (Å²) in [5.41, 5.74) is 1.37. The molecule has 4 heterocycles. The van der Waals surface area contributed by atoms with Crippen LogP contribution in [-0.2, 0) is 21.7 Å². The van der Waals surface area contributed by atoms with E-state index in [-0.39, 0.29) is 18.5 Å². The Labute approximate surface area is 267 Å². The number of carboxylic acids is 1. The van der Waals surface area contributed by atoms with Gasteiger partial charge in [0.25, 0.3) is 5.56 Å². The van der Waals surface area contributed by atoms with Gasteiger partial charge in [0.2, 0.25) is 5.95 Å². The van der Waals surface area contributed by atoms with Crippen LogP contribution in [0.3, 0.4) is 0 Å². The highest BCUT2D eigenvalue weighted by atomic mass is 16.5. The first-order valence-corrected chi connectivity index (χ1v) is 15.6. The van der Waals surface area contributed by atoms with Gasteiger partial charge in [-0.3, -0.25) is 14.5 Å². The van der Waals surface area contributed by atoms with Crippen molar-refractivity contribution in [1.29, 1.82) is 0 Å². The third-order valence-corrected chi connectivity index (χ3v) is 7.90. The van der Waals surface area contributed by atoms with Crippen molar-refractivity contribution < 1.29 is 19.7 Å². The average Bonchev–Trinajstić information content (AvgIpc) is 3.31. The fourth-order valence-electron chi connectivity index (χ4n) is 5.38. The number of carbonyl (C=O) groups is 1. The number of aliphatic carboxylic acids is 1. The van der Waals surface area contributed by atoms with E-state index in [0.717, 1.165) is 50.5 Å². The molecule has 0 bridgehead atoms. The molecule has 0 spiro atoms. The molecule has 46 heavy (non-hydrogen) atoms. The minimum absolute atomic E-state index is 0.194. The molecule has 0 radical (unpaired) electrons. The molecular formula is C33H42N8O5. The Bertz CT molecular complexity index is 1700. The highest BCUT2D eigenvalue weighted by Gasteiger charge is 2.22. The van der Waals surface area contributed by atoms with Crippen molar-refractivity contribution in [3.63, 3.8) is 0 Å². The summed E-state index contributed by atoms with van der Waals surface area (Å²) in [5, 5.41) is 22.8. The fourth-order valence-corrected chi connectivity index (χ4v) is 5.38. The number of carboxylic acid groups (broad SMARTS) is 1. The van der Waals surface area contributed by atoms with Crippen LogP contribution in [0.5, 0.6) is 0 Å². The number of nitrogens with one attached hydrogen (secondary N) is 1. The summed E-state index contributed by atoms with van der Waals surface area (Å²) in [4.78, 5) is 42.4. The number of aliphatic hydroxyl groups is 1. The monoisotopic (exact) mass is 630 g/mol. The Morgan fingerprint density at radius 3 is 2.52 bits per heavy atom. The topological polar surface area (TPSA) is 151 Å². The molecule has 4 aromatic rings. The van der Waals surface area contributed by atoms with Crippen molar-refractivity contribution in [2.75, 3.05) is 56.2 Å². The van der Waals surface area contributed by atoms with E-state index >= 15 is 0 Å². The molecule has 13 heteroatoms. The molecule has 0 saturated carbocycles. The fraction of sp³-hybridized carbons (Fsp3) is 0.424.